The summed E-state index contributed by atoms with van der Waals surface area (Å²) in [6.07, 6.45) is 2.20. The molecule has 0 spiro atoms. The summed E-state index contributed by atoms with van der Waals surface area (Å²) in [5.41, 5.74) is 1.13. The van der Waals surface area contributed by atoms with Crippen LogP contribution in [-0.4, -0.2) is 50.6 Å². The van der Waals surface area contributed by atoms with Crippen molar-refractivity contribution in [3.63, 3.8) is 0 Å². The molecule has 25 heavy (non-hydrogen) atoms. The lowest BCUT2D eigenvalue weighted by atomic mass is 10.1. The Kier molecular flexibility index (Phi) is 5.90. The van der Waals surface area contributed by atoms with Crippen LogP contribution in [0.2, 0.25) is 5.02 Å². The van der Waals surface area contributed by atoms with E-state index in [-0.39, 0.29) is 4.90 Å². The fourth-order valence-electron chi connectivity index (χ4n) is 2.60. The Morgan fingerprint density at radius 1 is 1.20 bits per heavy atom. The first-order valence-electron chi connectivity index (χ1n) is 8.08. The topological polar surface area (TPSA) is 71.5 Å². The van der Waals surface area contributed by atoms with E-state index in [0.29, 0.717) is 43.7 Å². The Hall–Kier alpha value is -1.67. The maximum atomic E-state index is 12.5. The molecule has 1 N–H and O–H groups in total. The number of ether oxygens (including phenoxy) is 1. The van der Waals surface area contributed by atoms with Crippen LogP contribution in [0.15, 0.2) is 47.5 Å². The first-order chi connectivity index (χ1) is 12.1. The van der Waals surface area contributed by atoms with Crippen LogP contribution in [0.1, 0.15) is 5.56 Å². The lowest BCUT2D eigenvalue weighted by molar-refractivity contribution is 0.0730. The lowest BCUT2D eigenvalue weighted by Gasteiger charge is -2.25. The molecule has 1 aromatic carbocycles. The molecule has 3 rings (SSSR count). The summed E-state index contributed by atoms with van der Waals surface area (Å²) in [4.78, 5) is 4.42. The van der Waals surface area contributed by atoms with Crippen molar-refractivity contribution in [1.82, 2.24) is 9.29 Å². The van der Waals surface area contributed by atoms with Crippen molar-refractivity contribution in [1.29, 1.82) is 0 Å². The van der Waals surface area contributed by atoms with Crippen LogP contribution < -0.4 is 5.32 Å². The second kappa shape index (κ2) is 8.14. The quantitative estimate of drug-likeness (QED) is 0.832. The summed E-state index contributed by atoms with van der Waals surface area (Å²) in [6, 6.07) is 11.0. The van der Waals surface area contributed by atoms with Gasteiger partial charge in [-0.05, 0) is 36.2 Å². The van der Waals surface area contributed by atoms with Gasteiger partial charge in [0.15, 0.2) is 0 Å². The van der Waals surface area contributed by atoms with Gasteiger partial charge < -0.3 is 10.1 Å². The van der Waals surface area contributed by atoms with Crippen molar-refractivity contribution >= 4 is 27.4 Å². The highest BCUT2D eigenvalue weighted by Gasteiger charge is 2.26. The number of halogens is 1. The van der Waals surface area contributed by atoms with Gasteiger partial charge in [-0.2, -0.15) is 4.31 Å². The number of nitrogens with one attached hydrogen (secondary N) is 1. The summed E-state index contributed by atoms with van der Waals surface area (Å²) in [7, 11) is -3.50. The van der Waals surface area contributed by atoms with E-state index in [9.17, 15) is 8.42 Å². The zero-order valence-corrected chi connectivity index (χ0v) is 15.3. The van der Waals surface area contributed by atoms with Crippen molar-refractivity contribution in [2.75, 3.05) is 38.2 Å². The summed E-state index contributed by atoms with van der Waals surface area (Å²) >= 11 is 5.96. The molecule has 6 nitrogen and oxygen atoms in total. The van der Waals surface area contributed by atoms with E-state index in [2.05, 4.69) is 10.3 Å². The average Bonchev–Trinajstić information content (AvgIpc) is 2.63. The van der Waals surface area contributed by atoms with Crippen LogP contribution >= 0.6 is 11.6 Å². The number of pyridine rings is 1. The predicted molar refractivity (Wildman–Crippen MR) is 97.5 cm³/mol. The van der Waals surface area contributed by atoms with Crippen molar-refractivity contribution in [2.45, 2.75) is 11.3 Å². The molecular formula is C17H20ClN3O3S. The Morgan fingerprint density at radius 2 is 2.00 bits per heavy atom. The molecule has 0 unspecified atom stereocenters. The van der Waals surface area contributed by atoms with E-state index in [0.717, 1.165) is 12.0 Å². The SMILES string of the molecule is O=S(=O)(c1ccc(NCCc2cccc(Cl)c2)nc1)N1CCOCC1. The number of anilines is 1. The van der Waals surface area contributed by atoms with Crippen LogP contribution in [0.5, 0.6) is 0 Å². The van der Waals surface area contributed by atoms with Crippen molar-refractivity contribution in [3.8, 4) is 0 Å². The molecule has 1 aromatic heterocycles. The van der Waals surface area contributed by atoms with E-state index in [1.165, 1.54) is 10.5 Å². The molecule has 0 bridgehead atoms. The van der Waals surface area contributed by atoms with Crippen LogP contribution in [-0.2, 0) is 21.2 Å². The number of morpholine rings is 1. The number of hydrogen-bond donors (Lipinski definition) is 1. The first-order valence-corrected chi connectivity index (χ1v) is 9.90. The third kappa shape index (κ3) is 4.70. The van der Waals surface area contributed by atoms with Crippen molar-refractivity contribution in [3.05, 3.63) is 53.2 Å². The van der Waals surface area contributed by atoms with Crippen LogP contribution in [0.4, 0.5) is 5.82 Å². The standard InChI is InChI=1S/C17H20ClN3O3S/c18-15-3-1-2-14(12-15)6-7-19-17-5-4-16(13-20-17)25(22,23)21-8-10-24-11-9-21/h1-5,12-13H,6-11H2,(H,19,20). The van der Waals surface area contributed by atoms with Gasteiger partial charge in [0.1, 0.15) is 10.7 Å². The minimum absolute atomic E-state index is 0.204. The van der Waals surface area contributed by atoms with E-state index < -0.39 is 10.0 Å². The van der Waals surface area contributed by atoms with Gasteiger partial charge in [0.05, 0.1) is 13.2 Å². The van der Waals surface area contributed by atoms with Gasteiger partial charge in [-0.3, -0.25) is 0 Å². The van der Waals surface area contributed by atoms with E-state index >= 15 is 0 Å². The molecule has 1 saturated heterocycles. The van der Waals surface area contributed by atoms with E-state index in [4.69, 9.17) is 16.3 Å². The number of hydrogen-bond acceptors (Lipinski definition) is 5. The molecule has 0 atom stereocenters. The second-order valence-electron chi connectivity index (χ2n) is 5.70. The number of nitrogens with zero attached hydrogens (tertiary/aromatic N) is 2. The van der Waals surface area contributed by atoms with E-state index in [1.54, 1.807) is 12.1 Å². The zero-order valence-electron chi connectivity index (χ0n) is 13.7. The number of benzene rings is 1. The number of rotatable bonds is 6. The minimum Gasteiger partial charge on any atom is -0.379 e. The molecule has 1 fully saturated rings. The van der Waals surface area contributed by atoms with Crippen molar-refractivity contribution in [2.24, 2.45) is 0 Å². The van der Waals surface area contributed by atoms with Crippen LogP contribution in [0.3, 0.4) is 0 Å². The van der Waals surface area contributed by atoms with Crippen LogP contribution in [0.25, 0.3) is 0 Å². The smallest absolute Gasteiger partial charge is 0.244 e. The fraction of sp³-hybridized carbons (Fsp3) is 0.353. The maximum Gasteiger partial charge on any atom is 0.244 e. The highest BCUT2D eigenvalue weighted by Crippen LogP contribution is 2.17. The minimum atomic E-state index is -3.50. The maximum absolute atomic E-state index is 12.5. The molecule has 0 aliphatic carbocycles. The molecule has 1 aliphatic heterocycles. The molecule has 1 aliphatic rings. The normalized spacial score (nSPS) is 15.9. The summed E-state index contributed by atoms with van der Waals surface area (Å²) in [5.74, 6) is 0.642. The Labute approximate surface area is 152 Å². The Bertz CT molecular complexity index is 806. The molecule has 8 heteroatoms. The van der Waals surface area contributed by atoms with E-state index in [1.807, 2.05) is 24.3 Å². The molecule has 0 radical (unpaired) electrons. The van der Waals surface area contributed by atoms with Gasteiger partial charge >= 0.3 is 0 Å². The van der Waals surface area contributed by atoms with Gasteiger partial charge in [0, 0.05) is 30.9 Å². The predicted octanol–water partition coefficient (Wildman–Crippen LogP) is 2.41. The van der Waals surface area contributed by atoms with Gasteiger partial charge in [0.2, 0.25) is 10.0 Å². The monoisotopic (exact) mass is 381 g/mol. The Balaban J connectivity index is 1.58. The third-order valence-electron chi connectivity index (χ3n) is 3.95. The highest BCUT2D eigenvalue weighted by atomic mass is 35.5. The van der Waals surface area contributed by atoms with Crippen LogP contribution in [0, 0.1) is 0 Å². The second-order valence-corrected chi connectivity index (χ2v) is 8.08. The fourth-order valence-corrected chi connectivity index (χ4v) is 4.17. The number of sulfonamides is 1. The highest BCUT2D eigenvalue weighted by molar-refractivity contribution is 7.89. The van der Waals surface area contributed by atoms with Gasteiger partial charge in [-0.1, -0.05) is 23.7 Å². The lowest BCUT2D eigenvalue weighted by Crippen LogP contribution is -2.40. The molecule has 0 amide bonds. The molecule has 2 aromatic rings. The molecule has 134 valence electrons. The molecule has 2 heterocycles. The first kappa shape index (κ1) is 18.1. The van der Waals surface area contributed by atoms with Gasteiger partial charge in [0.25, 0.3) is 0 Å². The Morgan fingerprint density at radius 3 is 2.68 bits per heavy atom. The third-order valence-corrected chi connectivity index (χ3v) is 6.07. The molecular weight excluding hydrogens is 362 g/mol. The summed E-state index contributed by atoms with van der Waals surface area (Å²) < 4.78 is 31.7. The van der Waals surface area contributed by atoms with Gasteiger partial charge in [-0.15, -0.1) is 0 Å². The van der Waals surface area contributed by atoms with Crippen molar-refractivity contribution < 1.29 is 13.2 Å². The van der Waals surface area contributed by atoms with Gasteiger partial charge in [-0.25, -0.2) is 13.4 Å². The summed E-state index contributed by atoms with van der Waals surface area (Å²) in [5, 5.41) is 3.90. The largest absolute Gasteiger partial charge is 0.379 e. The zero-order chi connectivity index (χ0) is 17.7. The summed E-state index contributed by atoms with van der Waals surface area (Å²) in [6.45, 7) is 2.29. The number of aromatic nitrogens is 1. The molecule has 0 saturated carbocycles. The average molecular weight is 382 g/mol.